The largest absolute Gasteiger partial charge is 0.359 e. The van der Waals surface area contributed by atoms with Gasteiger partial charge < -0.3 is 5.32 Å². The molecular weight excluding hydrogens is 166 g/mol. The molecule has 3 nitrogen and oxygen atoms in total. The molecule has 0 atom stereocenters. The van der Waals surface area contributed by atoms with Gasteiger partial charge in [0.2, 0.25) is 6.41 Å². The van der Waals surface area contributed by atoms with E-state index in [1.807, 2.05) is 13.8 Å². The van der Waals surface area contributed by atoms with Crippen molar-refractivity contribution in [3.05, 3.63) is 0 Å². The summed E-state index contributed by atoms with van der Waals surface area (Å²) in [6.45, 7) is 6.26. The lowest BCUT2D eigenvalue weighted by Gasteiger charge is -2.20. The van der Waals surface area contributed by atoms with E-state index in [0.717, 1.165) is 19.3 Å². The molecule has 3 heteroatoms. The molecule has 0 aliphatic heterocycles. The van der Waals surface area contributed by atoms with Gasteiger partial charge in [-0.15, -0.1) is 0 Å². The number of carbonyl (C=O) groups is 2. The molecule has 0 spiro atoms. The van der Waals surface area contributed by atoms with Crippen LogP contribution in [0, 0.1) is 5.41 Å². The van der Waals surface area contributed by atoms with Gasteiger partial charge in [-0.2, -0.15) is 0 Å². The van der Waals surface area contributed by atoms with Crippen LogP contribution in [0.5, 0.6) is 0 Å². The standard InChI is InChI=1S/C10H19NO2/c1-9(13)10(2,3)6-4-5-7-11-8-12/h8H,4-7H2,1-3H3,(H,11,12). The Morgan fingerprint density at radius 3 is 2.46 bits per heavy atom. The first-order valence-corrected chi connectivity index (χ1v) is 4.69. The van der Waals surface area contributed by atoms with E-state index in [9.17, 15) is 9.59 Å². The molecule has 0 aromatic carbocycles. The predicted molar refractivity (Wildman–Crippen MR) is 52.4 cm³/mol. The topological polar surface area (TPSA) is 46.2 Å². The van der Waals surface area contributed by atoms with Crippen molar-refractivity contribution in [2.24, 2.45) is 5.41 Å². The summed E-state index contributed by atoms with van der Waals surface area (Å²) < 4.78 is 0. The van der Waals surface area contributed by atoms with Crippen molar-refractivity contribution < 1.29 is 9.59 Å². The first-order chi connectivity index (χ1) is 6.00. The van der Waals surface area contributed by atoms with Crippen molar-refractivity contribution in [2.75, 3.05) is 6.54 Å². The maximum atomic E-state index is 11.1. The van der Waals surface area contributed by atoms with Gasteiger partial charge >= 0.3 is 0 Å². The molecule has 76 valence electrons. The maximum Gasteiger partial charge on any atom is 0.207 e. The number of hydrogen-bond donors (Lipinski definition) is 1. The highest BCUT2D eigenvalue weighted by Gasteiger charge is 2.22. The Balaban J connectivity index is 3.52. The molecular formula is C10H19NO2. The van der Waals surface area contributed by atoms with Crippen LogP contribution >= 0.6 is 0 Å². The second-order valence-electron chi connectivity index (χ2n) is 3.97. The van der Waals surface area contributed by atoms with Gasteiger partial charge in [-0.05, 0) is 19.8 Å². The van der Waals surface area contributed by atoms with Gasteiger partial charge in [-0.25, -0.2) is 0 Å². The molecule has 0 aromatic heterocycles. The fraction of sp³-hybridized carbons (Fsp3) is 0.800. The van der Waals surface area contributed by atoms with Crippen LogP contribution in [-0.4, -0.2) is 18.7 Å². The zero-order chi connectivity index (χ0) is 10.3. The first-order valence-electron chi connectivity index (χ1n) is 4.69. The van der Waals surface area contributed by atoms with Crippen LogP contribution in [0.2, 0.25) is 0 Å². The van der Waals surface area contributed by atoms with Gasteiger partial charge in [0.15, 0.2) is 0 Å². The summed E-state index contributed by atoms with van der Waals surface area (Å²) in [6.07, 6.45) is 3.52. The van der Waals surface area contributed by atoms with Crippen molar-refractivity contribution in [1.82, 2.24) is 5.32 Å². The summed E-state index contributed by atoms with van der Waals surface area (Å²) in [4.78, 5) is 21.0. The second-order valence-corrected chi connectivity index (χ2v) is 3.97. The van der Waals surface area contributed by atoms with E-state index in [-0.39, 0.29) is 11.2 Å². The van der Waals surface area contributed by atoms with Crippen molar-refractivity contribution in [2.45, 2.75) is 40.0 Å². The Morgan fingerprint density at radius 1 is 1.38 bits per heavy atom. The van der Waals surface area contributed by atoms with Crippen LogP contribution in [0.4, 0.5) is 0 Å². The molecule has 0 aromatic rings. The lowest BCUT2D eigenvalue weighted by atomic mass is 9.83. The Labute approximate surface area is 79.9 Å². The van der Waals surface area contributed by atoms with Crippen molar-refractivity contribution >= 4 is 12.2 Å². The van der Waals surface area contributed by atoms with Crippen LogP contribution in [0.3, 0.4) is 0 Å². The number of nitrogens with one attached hydrogen (secondary N) is 1. The fourth-order valence-corrected chi connectivity index (χ4v) is 1.03. The van der Waals surface area contributed by atoms with Crippen molar-refractivity contribution in [1.29, 1.82) is 0 Å². The minimum atomic E-state index is -0.207. The summed E-state index contributed by atoms with van der Waals surface area (Å²) in [5, 5.41) is 2.60. The van der Waals surface area contributed by atoms with Crippen LogP contribution in [-0.2, 0) is 9.59 Å². The quantitative estimate of drug-likeness (QED) is 0.483. The number of amides is 1. The second kappa shape index (κ2) is 5.73. The first kappa shape index (κ1) is 12.1. The third-order valence-electron chi connectivity index (χ3n) is 2.41. The van der Waals surface area contributed by atoms with Crippen molar-refractivity contribution in [3.8, 4) is 0 Å². The van der Waals surface area contributed by atoms with Gasteiger partial charge in [0.25, 0.3) is 0 Å². The molecule has 0 heterocycles. The maximum absolute atomic E-state index is 11.1. The average molecular weight is 185 g/mol. The molecule has 0 fully saturated rings. The third kappa shape index (κ3) is 5.39. The van der Waals surface area contributed by atoms with E-state index in [2.05, 4.69) is 5.32 Å². The Hall–Kier alpha value is -0.860. The molecule has 0 aliphatic carbocycles. The number of Topliss-reactive ketones (excluding diaryl/α,β-unsaturated/α-hetero) is 1. The molecule has 0 bridgehead atoms. The lowest BCUT2D eigenvalue weighted by Crippen LogP contribution is -2.21. The number of carbonyl (C=O) groups excluding carboxylic acids is 2. The minimum absolute atomic E-state index is 0.207. The monoisotopic (exact) mass is 185 g/mol. The number of hydrogen-bond acceptors (Lipinski definition) is 2. The summed E-state index contributed by atoms with van der Waals surface area (Å²) in [6, 6.07) is 0. The molecule has 0 radical (unpaired) electrons. The zero-order valence-corrected chi connectivity index (χ0v) is 8.72. The SMILES string of the molecule is CC(=O)C(C)(C)CCCCNC=O. The molecule has 1 N–H and O–H groups in total. The number of ketones is 1. The molecule has 0 unspecified atom stereocenters. The molecule has 0 saturated carbocycles. The third-order valence-corrected chi connectivity index (χ3v) is 2.41. The van der Waals surface area contributed by atoms with E-state index in [4.69, 9.17) is 0 Å². The summed E-state index contributed by atoms with van der Waals surface area (Å²) in [5.74, 6) is 0.232. The smallest absolute Gasteiger partial charge is 0.207 e. The highest BCUT2D eigenvalue weighted by molar-refractivity contribution is 5.81. The van der Waals surface area contributed by atoms with E-state index in [1.54, 1.807) is 6.92 Å². The lowest BCUT2D eigenvalue weighted by molar-refractivity contribution is -0.125. The predicted octanol–water partition coefficient (Wildman–Crippen LogP) is 1.52. The summed E-state index contributed by atoms with van der Waals surface area (Å²) in [7, 11) is 0. The summed E-state index contributed by atoms with van der Waals surface area (Å²) in [5.41, 5.74) is -0.207. The van der Waals surface area contributed by atoms with E-state index >= 15 is 0 Å². The van der Waals surface area contributed by atoms with Gasteiger partial charge in [0.1, 0.15) is 5.78 Å². The van der Waals surface area contributed by atoms with E-state index < -0.39 is 0 Å². The summed E-state index contributed by atoms with van der Waals surface area (Å²) >= 11 is 0. The van der Waals surface area contributed by atoms with Crippen LogP contribution < -0.4 is 5.32 Å². The minimum Gasteiger partial charge on any atom is -0.359 e. The van der Waals surface area contributed by atoms with E-state index in [1.165, 1.54) is 0 Å². The molecule has 1 amide bonds. The molecule has 13 heavy (non-hydrogen) atoms. The molecule has 0 saturated heterocycles. The normalized spacial score (nSPS) is 11.0. The van der Waals surface area contributed by atoms with Crippen molar-refractivity contribution in [3.63, 3.8) is 0 Å². The Kier molecular flexibility index (Phi) is 5.35. The fourth-order valence-electron chi connectivity index (χ4n) is 1.03. The Bertz CT molecular complexity index is 176. The number of unbranched alkanes of at least 4 members (excludes halogenated alkanes) is 1. The Morgan fingerprint density at radius 2 is 2.00 bits per heavy atom. The van der Waals surface area contributed by atoms with Gasteiger partial charge in [0, 0.05) is 12.0 Å². The number of rotatable bonds is 7. The molecule has 0 rings (SSSR count). The molecule has 0 aliphatic rings. The van der Waals surface area contributed by atoms with Crippen LogP contribution in [0.1, 0.15) is 40.0 Å². The van der Waals surface area contributed by atoms with Gasteiger partial charge in [-0.3, -0.25) is 9.59 Å². The average Bonchev–Trinajstić information content (AvgIpc) is 2.03. The highest BCUT2D eigenvalue weighted by Crippen LogP contribution is 2.23. The van der Waals surface area contributed by atoms with Gasteiger partial charge in [0.05, 0.1) is 0 Å². The van der Waals surface area contributed by atoms with E-state index in [0.29, 0.717) is 13.0 Å². The zero-order valence-electron chi connectivity index (χ0n) is 8.72. The van der Waals surface area contributed by atoms with Crippen LogP contribution in [0.15, 0.2) is 0 Å². The highest BCUT2D eigenvalue weighted by atomic mass is 16.1. The van der Waals surface area contributed by atoms with Gasteiger partial charge in [-0.1, -0.05) is 20.3 Å². The van der Waals surface area contributed by atoms with Crippen LogP contribution in [0.25, 0.3) is 0 Å².